The van der Waals surface area contributed by atoms with E-state index in [-0.39, 0.29) is 5.41 Å². The maximum absolute atomic E-state index is 5.24. The molecule has 2 heterocycles. The fourth-order valence-corrected chi connectivity index (χ4v) is 9.03. The average Bonchev–Trinajstić information content (AvgIpc) is 3.52. The molecule has 0 aliphatic heterocycles. The minimum absolute atomic E-state index is 0.0820. The van der Waals surface area contributed by atoms with Crippen molar-refractivity contribution in [2.45, 2.75) is 19.3 Å². The third-order valence-corrected chi connectivity index (χ3v) is 12.2. The van der Waals surface area contributed by atoms with Gasteiger partial charge in [-0.1, -0.05) is 166 Å². The lowest BCUT2D eigenvalue weighted by Crippen LogP contribution is -2.15. The van der Waals surface area contributed by atoms with Gasteiger partial charge in [0.25, 0.3) is 0 Å². The molecule has 1 aliphatic carbocycles. The van der Waals surface area contributed by atoms with E-state index in [4.69, 9.17) is 9.97 Å². The number of hydrogen-bond donors (Lipinski definition) is 0. The fraction of sp³-hybridized carbons (Fsp3) is 0.0536. The van der Waals surface area contributed by atoms with Crippen molar-refractivity contribution in [3.05, 3.63) is 212 Å². The van der Waals surface area contributed by atoms with Gasteiger partial charge in [0.05, 0.1) is 11.4 Å². The number of benzene rings is 8. The first-order chi connectivity index (χ1) is 29.0. The van der Waals surface area contributed by atoms with E-state index < -0.39 is 0 Å². The van der Waals surface area contributed by atoms with Crippen LogP contribution in [0.3, 0.4) is 0 Å². The third-order valence-electron chi connectivity index (χ3n) is 12.2. The number of hydrogen-bond acceptors (Lipinski definition) is 3. The molecule has 59 heavy (non-hydrogen) atoms. The molecule has 11 rings (SSSR count). The van der Waals surface area contributed by atoms with Crippen LogP contribution in [-0.2, 0) is 5.41 Å². The summed E-state index contributed by atoms with van der Waals surface area (Å²) in [7, 11) is 0. The third kappa shape index (κ3) is 6.02. The first-order valence-corrected chi connectivity index (χ1v) is 20.2. The molecule has 0 fully saturated rings. The Morgan fingerprint density at radius 3 is 1.59 bits per heavy atom. The van der Waals surface area contributed by atoms with Crippen molar-refractivity contribution < 1.29 is 0 Å². The molecule has 0 N–H and O–H groups in total. The van der Waals surface area contributed by atoms with Crippen molar-refractivity contribution >= 4 is 21.5 Å². The van der Waals surface area contributed by atoms with Crippen molar-refractivity contribution in [3.8, 4) is 78.4 Å². The van der Waals surface area contributed by atoms with Crippen molar-refractivity contribution in [3.63, 3.8) is 0 Å². The summed E-state index contributed by atoms with van der Waals surface area (Å²) in [5.74, 6) is 0.700. The summed E-state index contributed by atoms with van der Waals surface area (Å²) in [4.78, 5) is 14.7. The number of nitrogens with zero attached hydrogens (tertiary/aromatic N) is 3. The Labute approximate surface area is 344 Å². The molecule has 0 saturated heterocycles. The van der Waals surface area contributed by atoms with E-state index >= 15 is 0 Å². The Bertz CT molecular complexity index is 3200. The van der Waals surface area contributed by atoms with Crippen LogP contribution in [0.5, 0.6) is 0 Å². The highest BCUT2D eigenvalue weighted by Crippen LogP contribution is 2.51. The number of pyridine rings is 1. The maximum atomic E-state index is 5.24. The quantitative estimate of drug-likeness (QED) is 0.170. The number of fused-ring (bicyclic) bond motifs is 5. The second-order valence-electron chi connectivity index (χ2n) is 16.1. The van der Waals surface area contributed by atoms with Gasteiger partial charge in [-0.25, -0.2) is 9.97 Å². The second-order valence-corrected chi connectivity index (χ2v) is 16.1. The maximum Gasteiger partial charge on any atom is 0.161 e. The van der Waals surface area contributed by atoms with Gasteiger partial charge in [0.2, 0.25) is 0 Å². The van der Waals surface area contributed by atoms with E-state index in [0.29, 0.717) is 5.82 Å². The highest BCUT2D eigenvalue weighted by atomic mass is 14.9. The van der Waals surface area contributed by atoms with Crippen molar-refractivity contribution in [1.29, 1.82) is 0 Å². The zero-order chi connectivity index (χ0) is 39.5. The molecule has 0 amide bonds. The Balaban J connectivity index is 0.955. The summed E-state index contributed by atoms with van der Waals surface area (Å²) >= 11 is 0. The molecular formula is C56H39N3. The van der Waals surface area contributed by atoms with Gasteiger partial charge in [-0.3, -0.25) is 4.98 Å². The highest BCUT2D eigenvalue weighted by Gasteiger charge is 2.36. The summed E-state index contributed by atoms with van der Waals surface area (Å²) in [5, 5.41) is 4.87. The topological polar surface area (TPSA) is 38.7 Å². The van der Waals surface area contributed by atoms with Gasteiger partial charge in [0.1, 0.15) is 0 Å². The second kappa shape index (κ2) is 13.9. The smallest absolute Gasteiger partial charge is 0.161 e. The van der Waals surface area contributed by atoms with Gasteiger partial charge < -0.3 is 0 Å². The van der Waals surface area contributed by atoms with E-state index in [1.165, 1.54) is 60.7 Å². The van der Waals surface area contributed by atoms with Crippen LogP contribution >= 0.6 is 0 Å². The molecule has 10 aromatic rings. The van der Waals surface area contributed by atoms with Gasteiger partial charge in [-0.2, -0.15) is 0 Å². The van der Waals surface area contributed by atoms with Crippen molar-refractivity contribution in [2.24, 2.45) is 0 Å². The molecule has 8 aromatic carbocycles. The van der Waals surface area contributed by atoms with Crippen LogP contribution in [0, 0.1) is 0 Å². The van der Waals surface area contributed by atoms with Gasteiger partial charge in [0.15, 0.2) is 5.82 Å². The molecule has 0 radical (unpaired) electrons. The molecule has 0 bridgehead atoms. The van der Waals surface area contributed by atoms with Crippen LogP contribution in [0.15, 0.2) is 200 Å². The van der Waals surface area contributed by atoms with Gasteiger partial charge in [-0.05, 0) is 114 Å². The lowest BCUT2D eigenvalue weighted by molar-refractivity contribution is 0.661. The molecule has 3 nitrogen and oxygen atoms in total. The van der Waals surface area contributed by atoms with Crippen LogP contribution in [0.25, 0.3) is 100.0 Å². The zero-order valence-electron chi connectivity index (χ0n) is 32.9. The van der Waals surface area contributed by atoms with Crippen molar-refractivity contribution in [2.75, 3.05) is 0 Å². The van der Waals surface area contributed by atoms with Crippen LogP contribution in [0.4, 0.5) is 0 Å². The zero-order valence-corrected chi connectivity index (χ0v) is 32.9. The van der Waals surface area contributed by atoms with Crippen LogP contribution in [0.2, 0.25) is 0 Å². The summed E-state index contributed by atoms with van der Waals surface area (Å²) in [5.41, 5.74) is 17.2. The molecule has 0 atom stereocenters. The largest absolute Gasteiger partial charge is 0.264 e. The first kappa shape index (κ1) is 34.7. The Morgan fingerprint density at radius 2 is 0.881 bits per heavy atom. The van der Waals surface area contributed by atoms with Gasteiger partial charge >= 0.3 is 0 Å². The van der Waals surface area contributed by atoms with Gasteiger partial charge in [-0.15, -0.1) is 0 Å². The molecule has 2 aromatic heterocycles. The molecular weight excluding hydrogens is 715 g/mol. The summed E-state index contributed by atoms with van der Waals surface area (Å²) in [6.45, 7) is 4.72. The molecule has 0 unspecified atom stereocenters. The number of rotatable bonds is 6. The SMILES string of the molecule is CC1(C)c2cc(-c3ccc(-c4ccc(-c5nc(-c6ccccc6)cc(-c6ccc(-c7cccnc7)cc6)n5)c5ccccc45)cc3)ccc2-c2cc3ccccc3cc21. The Morgan fingerprint density at radius 1 is 0.356 bits per heavy atom. The van der Waals surface area contributed by atoms with Crippen LogP contribution < -0.4 is 0 Å². The lowest BCUT2D eigenvalue weighted by atomic mass is 9.81. The standard InChI is InChI=1S/C56H39N3/c1-56(2)51-33-43(26-27-48(51)50-31-41-13-6-7-14-42(41)32-52(50)56)36-18-22-38(23-19-36)45-28-29-49(47-17-9-8-16-46(45)47)55-58-53(39-11-4-3-5-12-39)34-54(59-55)40-24-20-37(21-25-40)44-15-10-30-57-35-44/h3-35H,1-2H3. The van der Waals surface area contributed by atoms with E-state index in [1.807, 2.05) is 18.3 Å². The first-order valence-electron chi connectivity index (χ1n) is 20.2. The average molecular weight is 754 g/mol. The van der Waals surface area contributed by atoms with E-state index in [0.717, 1.165) is 44.6 Å². The molecule has 1 aliphatic rings. The van der Waals surface area contributed by atoms with Gasteiger partial charge in [0, 0.05) is 34.5 Å². The Hall–Kier alpha value is -7.49. The van der Waals surface area contributed by atoms with Crippen LogP contribution in [0.1, 0.15) is 25.0 Å². The highest BCUT2D eigenvalue weighted by molar-refractivity contribution is 6.04. The predicted molar refractivity (Wildman–Crippen MR) is 245 cm³/mol. The normalized spacial score (nSPS) is 12.7. The summed E-state index contributed by atoms with van der Waals surface area (Å²) in [6, 6.07) is 67.6. The summed E-state index contributed by atoms with van der Waals surface area (Å²) < 4.78 is 0. The number of aromatic nitrogens is 3. The minimum Gasteiger partial charge on any atom is -0.264 e. The summed E-state index contributed by atoms with van der Waals surface area (Å²) in [6.07, 6.45) is 3.69. The minimum atomic E-state index is -0.0820. The molecule has 3 heteroatoms. The van der Waals surface area contributed by atoms with E-state index in [1.54, 1.807) is 6.20 Å². The molecule has 278 valence electrons. The predicted octanol–water partition coefficient (Wildman–Crippen LogP) is 14.5. The molecule has 0 spiro atoms. The monoisotopic (exact) mass is 753 g/mol. The van der Waals surface area contributed by atoms with Crippen molar-refractivity contribution in [1.82, 2.24) is 15.0 Å². The van der Waals surface area contributed by atoms with Crippen LogP contribution in [-0.4, -0.2) is 15.0 Å². The molecule has 0 saturated carbocycles. The Kier molecular flexibility index (Phi) is 8.16. The van der Waals surface area contributed by atoms with E-state index in [9.17, 15) is 0 Å². The van der Waals surface area contributed by atoms with E-state index in [2.05, 4.69) is 195 Å². The fourth-order valence-electron chi connectivity index (χ4n) is 9.03. The lowest BCUT2D eigenvalue weighted by Gasteiger charge is -2.22.